The molecule has 0 aliphatic heterocycles. The Hall–Kier alpha value is -0.890. The van der Waals surface area contributed by atoms with Gasteiger partial charge in [-0.1, -0.05) is 0 Å². The second-order valence-electron chi connectivity index (χ2n) is 4.50. The van der Waals surface area contributed by atoms with Gasteiger partial charge < -0.3 is 10.3 Å². The van der Waals surface area contributed by atoms with Crippen LogP contribution in [0.4, 0.5) is 0 Å². The molecule has 0 spiro atoms. The van der Waals surface area contributed by atoms with E-state index < -0.39 is 10.0 Å². The fourth-order valence-corrected chi connectivity index (χ4v) is 2.61. The minimum atomic E-state index is -3.44. The van der Waals surface area contributed by atoms with Gasteiger partial charge in [-0.3, -0.25) is 0 Å². The van der Waals surface area contributed by atoms with E-state index in [1.165, 1.54) is 24.0 Å². The Morgan fingerprint density at radius 2 is 2.18 bits per heavy atom. The summed E-state index contributed by atoms with van der Waals surface area (Å²) in [7, 11) is -0.167. The Morgan fingerprint density at radius 1 is 1.47 bits per heavy atom. The lowest BCUT2D eigenvalue weighted by Crippen LogP contribution is -2.35. The molecule has 1 aliphatic rings. The lowest BCUT2D eigenvalue weighted by molar-refractivity contribution is 0.364. The highest BCUT2D eigenvalue weighted by Crippen LogP contribution is 2.19. The summed E-state index contributed by atoms with van der Waals surface area (Å²) in [6.45, 7) is 0.683. The SMILES string of the molecule is CN(C)NS(=O)(=O)c1c[nH]c(CNC2CC2)c1. The maximum Gasteiger partial charge on any atom is 0.254 e. The number of sulfonamides is 1. The summed E-state index contributed by atoms with van der Waals surface area (Å²) in [6.07, 6.45) is 3.94. The van der Waals surface area contributed by atoms with Crippen LogP contribution in [0.5, 0.6) is 0 Å². The van der Waals surface area contributed by atoms with Crippen LogP contribution in [0, 0.1) is 0 Å². The molecule has 0 amide bonds. The molecule has 0 bridgehead atoms. The lowest BCUT2D eigenvalue weighted by atomic mass is 10.4. The van der Waals surface area contributed by atoms with Crippen molar-refractivity contribution in [3.8, 4) is 0 Å². The van der Waals surface area contributed by atoms with E-state index in [4.69, 9.17) is 0 Å². The van der Waals surface area contributed by atoms with E-state index in [0.29, 0.717) is 12.6 Å². The van der Waals surface area contributed by atoms with E-state index in [-0.39, 0.29) is 4.90 Å². The van der Waals surface area contributed by atoms with Crippen molar-refractivity contribution in [3.63, 3.8) is 0 Å². The van der Waals surface area contributed by atoms with Crippen LogP contribution in [-0.4, -0.2) is 38.5 Å². The summed E-state index contributed by atoms with van der Waals surface area (Å²) >= 11 is 0. The van der Waals surface area contributed by atoms with Crippen LogP contribution >= 0.6 is 0 Å². The van der Waals surface area contributed by atoms with Crippen LogP contribution in [0.1, 0.15) is 18.5 Å². The average Bonchev–Trinajstić information content (AvgIpc) is 2.90. The van der Waals surface area contributed by atoms with Gasteiger partial charge in [-0.2, -0.15) is 0 Å². The van der Waals surface area contributed by atoms with Gasteiger partial charge in [0.1, 0.15) is 4.90 Å². The second kappa shape index (κ2) is 4.77. The minimum Gasteiger partial charge on any atom is -0.363 e. The van der Waals surface area contributed by atoms with Crippen LogP contribution in [0.15, 0.2) is 17.2 Å². The first-order chi connectivity index (χ1) is 7.97. The molecule has 1 saturated carbocycles. The van der Waals surface area contributed by atoms with E-state index in [0.717, 1.165) is 5.69 Å². The summed E-state index contributed by atoms with van der Waals surface area (Å²) in [5, 5.41) is 4.73. The third kappa shape index (κ3) is 3.53. The number of H-pyrrole nitrogens is 1. The molecule has 17 heavy (non-hydrogen) atoms. The molecule has 1 aromatic rings. The first-order valence-corrected chi connectivity index (χ1v) is 7.06. The number of aromatic nitrogens is 1. The van der Waals surface area contributed by atoms with E-state index in [1.807, 2.05) is 0 Å². The molecule has 0 atom stereocenters. The molecule has 0 aromatic carbocycles. The van der Waals surface area contributed by atoms with Crippen molar-refractivity contribution in [2.75, 3.05) is 14.1 Å². The van der Waals surface area contributed by atoms with Gasteiger partial charge in [0, 0.05) is 38.6 Å². The number of hydrazine groups is 1. The number of nitrogens with zero attached hydrogens (tertiary/aromatic N) is 1. The highest BCUT2D eigenvalue weighted by Gasteiger charge is 2.21. The standard InChI is InChI=1S/C10H18N4O2S/c1-14(2)13-17(15,16)10-5-9(12-7-10)6-11-8-3-4-8/h5,7-8,11-13H,3-4,6H2,1-2H3. The Bertz CT molecular complexity index is 476. The third-order valence-corrected chi connectivity index (χ3v) is 3.95. The highest BCUT2D eigenvalue weighted by molar-refractivity contribution is 7.89. The van der Waals surface area contributed by atoms with Crippen molar-refractivity contribution in [3.05, 3.63) is 18.0 Å². The van der Waals surface area contributed by atoms with Crippen molar-refractivity contribution in [2.45, 2.75) is 30.3 Å². The predicted molar refractivity (Wildman–Crippen MR) is 64.7 cm³/mol. The largest absolute Gasteiger partial charge is 0.363 e. The Balaban J connectivity index is 2.00. The van der Waals surface area contributed by atoms with Gasteiger partial charge in [0.2, 0.25) is 0 Å². The summed E-state index contributed by atoms with van der Waals surface area (Å²) in [6, 6.07) is 2.26. The molecule has 2 rings (SSSR count). The van der Waals surface area contributed by atoms with Crippen molar-refractivity contribution < 1.29 is 8.42 Å². The summed E-state index contributed by atoms with van der Waals surface area (Å²) in [4.78, 5) is 5.62. The zero-order valence-corrected chi connectivity index (χ0v) is 10.8. The Kier molecular flexibility index (Phi) is 3.53. The number of nitrogens with one attached hydrogen (secondary N) is 3. The molecule has 7 heteroatoms. The molecule has 1 aliphatic carbocycles. The molecule has 1 aromatic heterocycles. The molecular weight excluding hydrogens is 240 g/mol. The average molecular weight is 258 g/mol. The summed E-state index contributed by atoms with van der Waals surface area (Å²) in [5.41, 5.74) is 0.885. The van der Waals surface area contributed by atoms with Gasteiger partial charge in [0.15, 0.2) is 0 Å². The first kappa shape index (κ1) is 12.6. The molecule has 1 heterocycles. The molecule has 3 N–H and O–H groups in total. The normalized spacial score (nSPS) is 16.6. The second-order valence-corrected chi connectivity index (χ2v) is 6.17. The lowest BCUT2D eigenvalue weighted by Gasteiger charge is -2.10. The van der Waals surface area contributed by atoms with Crippen molar-refractivity contribution in [2.24, 2.45) is 0 Å². The maximum absolute atomic E-state index is 11.8. The van der Waals surface area contributed by atoms with E-state index in [9.17, 15) is 8.42 Å². The Labute approximate surface area is 101 Å². The molecule has 1 fully saturated rings. The van der Waals surface area contributed by atoms with Gasteiger partial charge >= 0.3 is 0 Å². The van der Waals surface area contributed by atoms with E-state index >= 15 is 0 Å². The van der Waals surface area contributed by atoms with Crippen LogP contribution in [0.25, 0.3) is 0 Å². The quantitative estimate of drug-likeness (QED) is 0.629. The molecular formula is C10H18N4O2S. The van der Waals surface area contributed by atoms with E-state index in [1.54, 1.807) is 20.2 Å². The first-order valence-electron chi connectivity index (χ1n) is 5.58. The molecule has 6 nitrogen and oxygen atoms in total. The molecule has 0 unspecified atom stereocenters. The molecule has 96 valence electrons. The minimum absolute atomic E-state index is 0.263. The smallest absolute Gasteiger partial charge is 0.254 e. The highest BCUT2D eigenvalue weighted by atomic mass is 32.2. The van der Waals surface area contributed by atoms with Crippen LogP contribution < -0.4 is 10.1 Å². The number of aromatic amines is 1. The van der Waals surface area contributed by atoms with Gasteiger partial charge in [0.05, 0.1) is 0 Å². The van der Waals surface area contributed by atoms with Gasteiger partial charge in [-0.15, -0.1) is 4.83 Å². The fourth-order valence-electron chi connectivity index (χ4n) is 1.51. The van der Waals surface area contributed by atoms with Crippen molar-refractivity contribution in [1.29, 1.82) is 0 Å². The summed E-state index contributed by atoms with van der Waals surface area (Å²) in [5.74, 6) is 0. The third-order valence-electron chi connectivity index (χ3n) is 2.49. The topological polar surface area (TPSA) is 77.2 Å². The molecule has 0 radical (unpaired) electrons. The zero-order chi connectivity index (χ0) is 12.5. The summed E-state index contributed by atoms with van der Waals surface area (Å²) < 4.78 is 23.6. The van der Waals surface area contributed by atoms with Gasteiger partial charge in [-0.05, 0) is 18.9 Å². The number of rotatable bonds is 6. The zero-order valence-electron chi connectivity index (χ0n) is 10.0. The number of hydrogen-bond acceptors (Lipinski definition) is 4. The van der Waals surface area contributed by atoms with Gasteiger partial charge in [-0.25, -0.2) is 13.4 Å². The van der Waals surface area contributed by atoms with Crippen molar-refractivity contribution >= 4 is 10.0 Å². The van der Waals surface area contributed by atoms with Crippen LogP contribution in [-0.2, 0) is 16.6 Å². The monoisotopic (exact) mass is 258 g/mol. The van der Waals surface area contributed by atoms with Crippen LogP contribution in [0.3, 0.4) is 0 Å². The van der Waals surface area contributed by atoms with Crippen LogP contribution in [0.2, 0.25) is 0 Å². The predicted octanol–water partition coefficient (Wildman–Crippen LogP) is 0.0216. The van der Waals surface area contributed by atoms with Crippen molar-refractivity contribution in [1.82, 2.24) is 20.1 Å². The fraction of sp³-hybridized carbons (Fsp3) is 0.600. The van der Waals surface area contributed by atoms with Gasteiger partial charge in [0.25, 0.3) is 10.0 Å². The van der Waals surface area contributed by atoms with E-state index in [2.05, 4.69) is 15.1 Å². The number of hydrogen-bond donors (Lipinski definition) is 3. The maximum atomic E-state index is 11.8. The Morgan fingerprint density at radius 3 is 2.76 bits per heavy atom. The molecule has 0 saturated heterocycles.